The highest BCUT2D eigenvalue weighted by Gasteiger charge is 2.26. The molecular formula is C25H22N4O2. The standard InChI is InChI=1S/C25H22N4O2/c1-15-6-7-23-21(8-15)22(9-16(2)29-23)25(30)28-13-19-10-17-4-3-5-20(24(17)31-19)18-11-26-14-27-12-18/h3-9,11-12,14,19H,10,13H2,1-2H3,(H,28,30). The van der Waals surface area contributed by atoms with E-state index in [0.717, 1.165) is 51.0 Å². The number of carbonyl (C=O) groups excluding carboxylic acids is 1. The number of nitrogens with zero attached hydrogens (tertiary/aromatic N) is 3. The molecule has 2 aromatic carbocycles. The van der Waals surface area contributed by atoms with Gasteiger partial charge >= 0.3 is 0 Å². The number of hydrogen-bond donors (Lipinski definition) is 1. The van der Waals surface area contributed by atoms with Crippen LogP contribution in [0.25, 0.3) is 22.0 Å². The normalized spacial score (nSPS) is 14.8. The highest BCUT2D eigenvalue weighted by molar-refractivity contribution is 6.06. The summed E-state index contributed by atoms with van der Waals surface area (Å²) in [6.45, 7) is 4.34. The lowest BCUT2D eigenvalue weighted by atomic mass is 10.0. The van der Waals surface area contributed by atoms with Crippen molar-refractivity contribution in [3.05, 3.63) is 83.6 Å². The van der Waals surface area contributed by atoms with Gasteiger partial charge in [-0.05, 0) is 37.6 Å². The van der Waals surface area contributed by atoms with E-state index < -0.39 is 0 Å². The Morgan fingerprint density at radius 3 is 2.81 bits per heavy atom. The zero-order valence-corrected chi connectivity index (χ0v) is 17.4. The fraction of sp³-hybridized carbons (Fsp3) is 0.200. The van der Waals surface area contributed by atoms with Gasteiger partial charge in [0.25, 0.3) is 5.91 Å². The van der Waals surface area contributed by atoms with E-state index in [0.29, 0.717) is 12.1 Å². The average Bonchev–Trinajstić information content (AvgIpc) is 3.21. The number of ether oxygens (including phenoxy) is 1. The highest BCUT2D eigenvalue weighted by atomic mass is 16.5. The van der Waals surface area contributed by atoms with Crippen molar-refractivity contribution in [1.82, 2.24) is 20.3 Å². The maximum atomic E-state index is 13.0. The van der Waals surface area contributed by atoms with E-state index in [1.807, 2.05) is 50.2 Å². The van der Waals surface area contributed by atoms with E-state index in [9.17, 15) is 4.79 Å². The molecule has 31 heavy (non-hydrogen) atoms. The summed E-state index contributed by atoms with van der Waals surface area (Å²) in [6, 6.07) is 13.9. The fourth-order valence-electron chi connectivity index (χ4n) is 4.08. The first-order valence-corrected chi connectivity index (χ1v) is 10.3. The summed E-state index contributed by atoms with van der Waals surface area (Å²) < 4.78 is 6.23. The van der Waals surface area contributed by atoms with E-state index in [-0.39, 0.29) is 12.0 Å². The summed E-state index contributed by atoms with van der Waals surface area (Å²) >= 11 is 0. The molecule has 4 aromatic rings. The first-order chi connectivity index (χ1) is 15.1. The first-order valence-electron chi connectivity index (χ1n) is 10.3. The van der Waals surface area contributed by atoms with Crippen LogP contribution in [0.4, 0.5) is 0 Å². The Morgan fingerprint density at radius 2 is 1.97 bits per heavy atom. The molecular weight excluding hydrogens is 388 g/mol. The number of benzene rings is 2. The van der Waals surface area contributed by atoms with E-state index >= 15 is 0 Å². The quantitative estimate of drug-likeness (QED) is 0.549. The molecule has 2 aromatic heterocycles. The van der Waals surface area contributed by atoms with Gasteiger partial charge < -0.3 is 10.1 Å². The second-order valence-corrected chi connectivity index (χ2v) is 7.91. The second kappa shape index (κ2) is 7.80. The van der Waals surface area contributed by atoms with Crippen LogP contribution in [0.1, 0.15) is 27.2 Å². The number of carbonyl (C=O) groups is 1. The Morgan fingerprint density at radius 1 is 1.13 bits per heavy atom. The number of nitrogens with one attached hydrogen (secondary N) is 1. The highest BCUT2D eigenvalue weighted by Crippen LogP contribution is 2.38. The van der Waals surface area contributed by atoms with Crippen LogP contribution < -0.4 is 10.1 Å². The molecule has 0 fully saturated rings. The van der Waals surface area contributed by atoms with Gasteiger partial charge in [-0.2, -0.15) is 0 Å². The van der Waals surface area contributed by atoms with Gasteiger partial charge in [-0.3, -0.25) is 9.78 Å². The number of aromatic nitrogens is 3. The van der Waals surface area contributed by atoms with Crippen molar-refractivity contribution in [2.45, 2.75) is 26.4 Å². The van der Waals surface area contributed by atoms with Gasteiger partial charge in [-0.1, -0.05) is 29.8 Å². The van der Waals surface area contributed by atoms with Crippen molar-refractivity contribution in [1.29, 1.82) is 0 Å². The van der Waals surface area contributed by atoms with Crippen LogP contribution in [0.3, 0.4) is 0 Å². The Bertz CT molecular complexity index is 1290. The van der Waals surface area contributed by atoms with Crippen molar-refractivity contribution in [2.75, 3.05) is 6.54 Å². The molecule has 1 aliphatic rings. The number of fused-ring (bicyclic) bond motifs is 2. The molecule has 6 heteroatoms. The summed E-state index contributed by atoms with van der Waals surface area (Å²) in [6.07, 6.45) is 5.69. The van der Waals surface area contributed by atoms with Crippen LogP contribution in [-0.2, 0) is 6.42 Å². The van der Waals surface area contributed by atoms with Crippen molar-refractivity contribution in [3.8, 4) is 16.9 Å². The third-order valence-corrected chi connectivity index (χ3v) is 5.53. The third kappa shape index (κ3) is 3.72. The average molecular weight is 410 g/mol. The smallest absolute Gasteiger partial charge is 0.252 e. The van der Waals surface area contributed by atoms with E-state index in [4.69, 9.17) is 4.74 Å². The molecule has 1 N–H and O–H groups in total. The van der Waals surface area contributed by atoms with Gasteiger partial charge in [-0.15, -0.1) is 0 Å². The summed E-state index contributed by atoms with van der Waals surface area (Å²) in [5.74, 6) is 0.731. The summed E-state index contributed by atoms with van der Waals surface area (Å²) in [4.78, 5) is 25.8. The lowest BCUT2D eigenvalue weighted by Crippen LogP contribution is -2.34. The number of aryl methyl sites for hydroxylation is 2. The monoisotopic (exact) mass is 410 g/mol. The predicted molar refractivity (Wildman–Crippen MR) is 119 cm³/mol. The van der Waals surface area contributed by atoms with Crippen molar-refractivity contribution in [3.63, 3.8) is 0 Å². The van der Waals surface area contributed by atoms with Gasteiger partial charge in [0.05, 0.1) is 17.6 Å². The zero-order valence-electron chi connectivity index (χ0n) is 17.4. The van der Waals surface area contributed by atoms with Gasteiger partial charge in [-0.25, -0.2) is 9.97 Å². The minimum atomic E-state index is -0.124. The molecule has 0 aliphatic carbocycles. The number of hydrogen-bond acceptors (Lipinski definition) is 5. The molecule has 5 rings (SSSR count). The van der Waals surface area contributed by atoms with E-state index in [2.05, 4.69) is 26.3 Å². The van der Waals surface area contributed by atoms with Crippen LogP contribution in [0.5, 0.6) is 5.75 Å². The molecule has 0 spiro atoms. The number of amides is 1. The van der Waals surface area contributed by atoms with Crippen molar-refractivity contribution < 1.29 is 9.53 Å². The molecule has 1 unspecified atom stereocenters. The van der Waals surface area contributed by atoms with Crippen molar-refractivity contribution in [2.24, 2.45) is 0 Å². The summed E-state index contributed by atoms with van der Waals surface area (Å²) in [5, 5.41) is 3.92. The zero-order chi connectivity index (χ0) is 21.4. The molecule has 3 heterocycles. The van der Waals surface area contributed by atoms with Crippen LogP contribution >= 0.6 is 0 Å². The van der Waals surface area contributed by atoms with Gasteiger partial charge in [0.15, 0.2) is 0 Å². The topological polar surface area (TPSA) is 77.0 Å². The maximum Gasteiger partial charge on any atom is 0.252 e. The first kappa shape index (κ1) is 19.2. The third-order valence-electron chi connectivity index (χ3n) is 5.53. The van der Waals surface area contributed by atoms with Gasteiger partial charge in [0.2, 0.25) is 0 Å². The molecule has 154 valence electrons. The largest absolute Gasteiger partial charge is 0.487 e. The molecule has 0 saturated carbocycles. The maximum absolute atomic E-state index is 13.0. The van der Waals surface area contributed by atoms with Crippen LogP contribution in [0, 0.1) is 13.8 Å². The summed E-state index contributed by atoms with van der Waals surface area (Å²) in [7, 11) is 0. The summed E-state index contributed by atoms with van der Waals surface area (Å²) in [5.41, 5.74) is 6.40. The number of rotatable bonds is 4. The number of para-hydroxylation sites is 1. The lowest BCUT2D eigenvalue weighted by molar-refractivity contribution is 0.0935. The Hall–Kier alpha value is -3.80. The number of pyridine rings is 1. The molecule has 0 radical (unpaired) electrons. The molecule has 6 nitrogen and oxygen atoms in total. The molecule has 0 saturated heterocycles. The van der Waals surface area contributed by atoms with Crippen LogP contribution in [0.2, 0.25) is 0 Å². The second-order valence-electron chi connectivity index (χ2n) is 7.91. The Balaban J connectivity index is 1.34. The van der Waals surface area contributed by atoms with Gasteiger partial charge in [0.1, 0.15) is 18.2 Å². The Kier molecular flexibility index (Phi) is 4.82. The molecule has 0 bridgehead atoms. The lowest BCUT2D eigenvalue weighted by Gasteiger charge is -2.14. The minimum Gasteiger partial charge on any atom is -0.487 e. The predicted octanol–water partition coefficient (Wildman–Crippen LogP) is 4.04. The minimum absolute atomic E-state index is 0.114. The molecule has 1 atom stereocenters. The van der Waals surface area contributed by atoms with Crippen LogP contribution in [-0.4, -0.2) is 33.5 Å². The van der Waals surface area contributed by atoms with E-state index in [1.165, 1.54) is 6.33 Å². The molecule has 1 aliphatic heterocycles. The fourth-order valence-corrected chi connectivity index (χ4v) is 4.08. The Labute approximate surface area is 180 Å². The SMILES string of the molecule is Cc1ccc2nc(C)cc(C(=O)NCC3Cc4cccc(-c5cncnc5)c4O3)c2c1. The van der Waals surface area contributed by atoms with Gasteiger partial charge in [0, 0.05) is 41.0 Å². The van der Waals surface area contributed by atoms with Crippen molar-refractivity contribution >= 4 is 16.8 Å². The molecule has 1 amide bonds. The van der Waals surface area contributed by atoms with E-state index in [1.54, 1.807) is 12.4 Å². The van der Waals surface area contributed by atoms with Crippen LogP contribution in [0.15, 0.2) is 61.2 Å².